The maximum Gasteiger partial charge on any atom is 0.312 e. The van der Waals surface area contributed by atoms with Crippen LogP contribution in [-0.2, 0) is 34.9 Å². The average molecular weight is 655 g/mol. The molecule has 13 heteroatoms. The molecular weight excluding hydrogens is 616 g/mol. The monoisotopic (exact) mass is 654 g/mol. The van der Waals surface area contributed by atoms with Crippen LogP contribution in [0.3, 0.4) is 0 Å². The fraction of sp³-hybridized carbons (Fsp3) is 0.441. The van der Waals surface area contributed by atoms with Crippen LogP contribution in [0.1, 0.15) is 22.6 Å². The molecule has 0 bridgehead atoms. The number of benzene rings is 3. The van der Waals surface area contributed by atoms with Crippen molar-refractivity contribution in [3.8, 4) is 23.0 Å². The Morgan fingerprint density at radius 1 is 0.979 bits per heavy atom. The Kier molecular flexibility index (Phi) is 9.06. The summed E-state index contributed by atoms with van der Waals surface area (Å²) in [5.41, 5.74) is -2.88. The van der Waals surface area contributed by atoms with Crippen LogP contribution in [0.25, 0.3) is 0 Å². The van der Waals surface area contributed by atoms with Crippen LogP contribution in [0.5, 0.6) is 23.0 Å². The highest BCUT2D eigenvalue weighted by molar-refractivity contribution is 5.78. The van der Waals surface area contributed by atoms with Crippen LogP contribution in [0, 0.1) is 5.92 Å². The topological polar surface area (TPSA) is 172 Å². The van der Waals surface area contributed by atoms with E-state index in [1.165, 1.54) is 40.6 Å². The summed E-state index contributed by atoms with van der Waals surface area (Å²) in [6.07, 6.45) is -6.03. The molecule has 2 aliphatic heterocycles. The molecular formula is C34H38O13. The first kappa shape index (κ1) is 33.0. The van der Waals surface area contributed by atoms with Crippen molar-refractivity contribution >= 4 is 5.97 Å². The molecule has 13 nitrogen and oxygen atoms in total. The Bertz CT molecular complexity index is 1570. The summed E-state index contributed by atoms with van der Waals surface area (Å²) in [7, 11) is 5.54. The third kappa shape index (κ3) is 5.10. The molecule has 0 spiro atoms. The summed E-state index contributed by atoms with van der Waals surface area (Å²) >= 11 is 0. The molecule has 3 aliphatic rings. The van der Waals surface area contributed by atoms with E-state index in [1.54, 1.807) is 48.5 Å². The van der Waals surface area contributed by atoms with Gasteiger partial charge in [-0.3, -0.25) is 4.79 Å². The van der Waals surface area contributed by atoms with E-state index < -0.39 is 66.5 Å². The van der Waals surface area contributed by atoms with Crippen LogP contribution >= 0.6 is 0 Å². The number of ether oxygens (including phenoxy) is 8. The number of esters is 1. The first-order chi connectivity index (χ1) is 22.7. The number of carbonyl (C=O) groups is 1. The standard InChI is InChI=1S/C34H38O13/c1-40-20-12-10-19(11-13-20)34-27(18-8-6-5-7-9-18)26(30(38)42-3)29(37)33(34,39)28-23(41-2)14-21(15-24(28)47-34)45-32-31(43-4)44-17-25(46-32)22(36)16-35/h5-15,22,25-27,29,31-32,35-37,39H,16-17H2,1-4H3/t22-,25+,26+,27-,29+,31+,32-,33-,34-/m1/s1. The van der Waals surface area contributed by atoms with Crippen molar-refractivity contribution in [2.24, 2.45) is 5.92 Å². The van der Waals surface area contributed by atoms with Gasteiger partial charge in [0.1, 0.15) is 41.3 Å². The molecule has 4 N–H and O–H groups in total. The van der Waals surface area contributed by atoms with E-state index in [0.717, 1.165) is 0 Å². The maximum absolute atomic E-state index is 13.5. The number of hydrogen-bond donors (Lipinski definition) is 4. The molecule has 1 aliphatic carbocycles. The SMILES string of the molecule is COC(=O)[C@H]1[C@@H](c2ccccc2)[C@@]2(c3ccc(OC)cc3)Oc3cc(O[C@@H]4O[C@H]([C@H](O)CO)CO[C@@H]4OC)cc(OC)c3[C@@]2(O)[C@H]1O. The van der Waals surface area contributed by atoms with Crippen LogP contribution < -0.4 is 18.9 Å². The zero-order valence-corrected chi connectivity index (χ0v) is 26.3. The average Bonchev–Trinajstić information content (AvgIpc) is 3.49. The molecule has 0 radical (unpaired) electrons. The van der Waals surface area contributed by atoms with Gasteiger partial charge < -0.3 is 58.3 Å². The van der Waals surface area contributed by atoms with Gasteiger partial charge in [0.2, 0.25) is 6.29 Å². The number of hydrogen-bond acceptors (Lipinski definition) is 13. The quantitative estimate of drug-likeness (QED) is 0.233. The molecule has 47 heavy (non-hydrogen) atoms. The molecule has 3 aromatic rings. The van der Waals surface area contributed by atoms with Gasteiger partial charge in [-0.25, -0.2) is 0 Å². The lowest BCUT2D eigenvalue weighted by Gasteiger charge is -2.40. The number of aliphatic hydroxyl groups excluding tert-OH is 3. The largest absolute Gasteiger partial charge is 0.497 e. The lowest BCUT2D eigenvalue weighted by Crippen LogP contribution is -2.52. The number of aliphatic hydroxyl groups is 4. The van der Waals surface area contributed by atoms with Gasteiger partial charge in [0, 0.05) is 25.2 Å². The van der Waals surface area contributed by atoms with Crippen LogP contribution in [0.2, 0.25) is 0 Å². The van der Waals surface area contributed by atoms with Gasteiger partial charge in [0.15, 0.2) is 11.2 Å². The minimum absolute atomic E-state index is 0.0474. The summed E-state index contributed by atoms with van der Waals surface area (Å²) < 4.78 is 46.2. The Morgan fingerprint density at radius 2 is 1.70 bits per heavy atom. The fourth-order valence-corrected chi connectivity index (χ4v) is 7.11. The molecule has 1 saturated carbocycles. The van der Waals surface area contributed by atoms with E-state index in [-0.39, 0.29) is 29.4 Å². The van der Waals surface area contributed by atoms with E-state index in [0.29, 0.717) is 16.9 Å². The van der Waals surface area contributed by atoms with Crippen molar-refractivity contribution in [1.82, 2.24) is 0 Å². The van der Waals surface area contributed by atoms with Gasteiger partial charge >= 0.3 is 5.97 Å². The van der Waals surface area contributed by atoms with Gasteiger partial charge in [0.05, 0.1) is 46.0 Å². The zero-order valence-electron chi connectivity index (χ0n) is 26.3. The van der Waals surface area contributed by atoms with Crippen LogP contribution in [0.15, 0.2) is 66.7 Å². The summed E-state index contributed by atoms with van der Waals surface area (Å²) in [5.74, 6) is -2.05. The molecule has 252 valence electrons. The van der Waals surface area contributed by atoms with Crippen molar-refractivity contribution < 1.29 is 63.1 Å². The molecule has 1 saturated heterocycles. The number of methoxy groups -OCH3 is 4. The van der Waals surface area contributed by atoms with Gasteiger partial charge in [-0.1, -0.05) is 42.5 Å². The van der Waals surface area contributed by atoms with Crippen molar-refractivity contribution in [2.45, 2.75) is 48.0 Å². The van der Waals surface area contributed by atoms with E-state index in [1.807, 2.05) is 6.07 Å². The highest BCUT2D eigenvalue weighted by Crippen LogP contribution is 2.70. The minimum Gasteiger partial charge on any atom is -0.497 e. The second-order valence-electron chi connectivity index (χ2n) is 11.6. The second-order valence-corrected chi connectivity index (χ2v) is 11.6. The number of fused-ring (bicyclic) bond motifs is 3. The minimum atomic E-state index is -2.25. The molecule has 2 heterocycles. The first-order valence-corrected chi connectivity index (χ1v) is 15.0. The Labute approximate surface area is 271 Å². The molecule has 0 aromatic heterocycles. The van der Waals surface area contributed by atoms with Crippen molar-refractivity contribution in [2.75, 3.05) is 41.7 Å². The molecule has 3 aromatic carbocycles. The van der Waals surface area contributed by atoms with Gasteiger partial charge in [0.25, 0.3) is 6.29 Å². The third-order valence-electron chi connectivity index (χ3n) is 9.25. The Hall–Kier alpha value is -3.95. The molecule has 0 amide bonds. The summed E-state index contributed by atoms with van der Waals surface area (Å²) in [5, 5.41) is 44.7. The van der Waals surface area contributed by atoms with Crippen molar-refractivity contribution in [3.05, 3.63) is 83.4 Å². The highest BCUT2D eigenvalue weighted by atomic mass is 16.8. The lowest BCUT2D eigenvalue weighted by molar-refractivity contribution is -0.324. The normalized spacial score (nSPS) is 31.7. The summed E-state index contributed by atoms with van der Waals surface area (Å²) in [6.45, 7) is -0.601. The van der Waals surface area contributed by atoms with Crippen LogP contribution in [-0.4, -0.2) is 98.9 Å². The Balaban J connectivity index is 1.52. The lowest BCUT2D eigenvalue weighted by atomic mass is 9.70. The second kappa shape index (κ2) is 12.9. The molecule has 9 atom stereocenters. The zero-order chi connectivity index (χ0) is 33.5. The van der Waals surface area contributed by atoms with E-state index in [2.05, 4.69) is 0 Å². The molecule has 6 rings (SSSR count). The predicted octanol–water partition coefficient (Wildman–Crippen LogP) is 1.57. The van der Waals surface area contributed by atoms with Gasteiger partial charge in [-0.15, -0.1) is 0 Å². The third-order valence-corrected chi connectivity index (χ3v) is 9.25. The maximum atomic E-state index is 13.5. The number of carbonyl (C=O) groups excluding carboxylic acids is 1. The number of rotatable bonds is 10. The van der Waals surface area contributed by atoms with E-state index >= 15 is 0 Å². The van der Waals surface area contributed by atoms with E-state index in [4.69, 9.17) is 37.9 Å². The molecule has 2 fully saturated rings. The van der Waals surface area contributed by atoms with Crippen LogP contribution in [0.4, 0.5) is 0 Å². The van der Waals surface area contributed by atoms with Crippen molar-refractivity contribution in [1.29, 1.82) is 0 Å². The fourth-order valence-electron chi connectivity index (χ4n) is 7.11. The summed E-state index contributed by atoms with van der Waals surface area (Å²) in [6, 6.07) is 18.8. The van der Waals surface area contributed by atoms with Gasteiger partial charge in [-0.05, 0) is 23.3 Å². The Morgan fingerprint density at radius 3 is 2.32 bits per heavy atom. The van der Waals surface area contributed by atoms with Crippen molar-refractivity contribution in [3.63, 3.8) is 0 Å². The predicted molar refractivity (Wildman–Crippen MR) is 162 cm³/mol. The van der Waals surface area contributed by atoms with Gasteiger partial charge in [-0.2, -0.15) is 0 Å². The molecule has 0 unspecified atom stereocenters. The first-order valence-electron chi connectivity index (χ1n) is 15.0. The summed E-state index contributed by atoms with van der Waals surface area (Å²) in [4.78, 5) is 13.5. The highest BCUT2D eigenvalue weighted by Gasteiger charge is 2.78. The van der Waals surface area contributed by atoms with E-state index in [9.17, 15) is 25.2 Å². The smallest absolute Gasteiger partial charge is 0.312 e.